The molecule has 0 spiro atoms. The van der Waals surface area contributed by atoms with Gasteiger partial charge in [-0.15, -0.1) is 0 Å². The number of nitriles is 1. The molecule has 0 amide bonds. The number of para-hydroxylation sites is 4. The lowest BCUT2D eigenvalue weighted by molar-refractivity contribution is 0.569. The summed E-state index contributed by atoms with van der Waals surface area (Å²) in [5, 5.41) is 13.5. The predicted octanol–water partition coefficient (Wildman–Crippen LogP) is 22.4. The van der Waals surface area contributed by atoms with Crippen molar-refractivity contribution in [2.24, 2.45) is 0 Å². The molecule has 0 unspecified atom stereocenters. The van der Waals surface area contributed by atoms with Crippen LogP contribution in [-0.2, 0) is 16.2 Å². The number of benzene rings is 13. The first-order valence-electron chi connectivity index (χ1n) is 37.4. The number of hydrogen-bond acceptors (Lipinski definition) is 3. The van der Waals surface area contributed by atoms with Crippen LogP contribution in [0.1, 0.15) is 95.5 Å². The minimum Gasteiger partial charge on any atom is -0.311 e. The standard InChI is InChI=1S/C91H74BN5/c1-89(2,3)67-30-24-29-60(46-67)66-52-86-88-87(53-66)96(72-49-63(58-25-12-10-13-26-58)45-64(50-72)59-27-14-11-15-28-59)85-56-71(94-79-35-20-16-31-73(79)74-32-17-21-36-80(74)94)42-44-78(85)92(88)77-43-40-61(65-47-68(90(4,5)6)54-69(48-65)91(7,8)9)51-84(77)95(86)70-41-39-62(57-93)83(55-70)97-81-37-22-18-33-75(81)76-34-19-23-38-82(76)97/h10-56H,1-9H3/i16D,17D,20D,21D,31D,32D,35D,36D. The molecule has 13 aromatic carbocycles. The van der Waals surface area contributed by atoms with Gasteiger partial charge in [-0.05, 0) is 185 Å². The van der Waals surface area contributed by atoms with Gasteiger partial charge in [0, 0.05) is 61.4 Å². The van der Waals surface area contributed by atoms with Gasteiger partial charge in [0.1, 0.15) is 6.07 Å². The molecule has 0 aliphatic carbocycles. The zero-order chi connectivity index (χ0) is 73.2. The topological polar surface area (TPSA) is 40.1 Å². The molecular weight excluding hydrogens is 1170 g/mol. The molecule has 97 heavy (non-hydrogen) atoms. The zero-order valence-corrected chi connectivity index (χ0v) is 55.8. The average molecular weight is 1260 g/mol. The molecule has 0 atom stereocenters. The van der Waals surface area contributed by atoms with Gasteiger partial charge in [-0.3, -0.25) is 0 Å². The van der Waals surface area contributed by atoms with E-state index in [1.54, 1.807) is 4.57 Å². The smallest absolute Gasteiger partial charge is 0.252 e. The van der Waals surface area contributed by atoms with E-state index in [1.165, 1.54) is 11.1 Å². The lowest BCUT2D eigenvalue weighted by Crippen LogP contribution is -2.61. The van der Waals surface area contributed by atoms with Gasteiger partial charge in [0.15, 0.2) is 0 Å². The Morgan fingerprint density at radius 2 is 0.773 bits per heavy atom. The number of nitrogens with zero attached hydrogens (tertiary/aromatic N) is 5. The maximum Gasteiger partial charge on any atom is 0.252 e. The van der Waals surface area contributed by atoms with Crippen molar-refractivity contribution in [3.63, 3.8) is 0 Å². The SMILES string of the molecule is [2H]c1c([2H])c([2H])c2c(c1[2H])c1c([2H])c([2H])c([2H])c([2H])c1n2-c1ccc2c(c1)N(c1cc(-c3ccccc3)cc(-c3ccccc3)c1)c1cc(-c3cccc(C(C)(C)C)c3)cc3c1B2c1ccc(-c2cc(C(C)(C)C)cc(C(C)(C)C)c2)cc1N3c1ccc(C#N)c(-n2c3ccccc3c3ccccc32)c1. The maximum absolute atomic E-state index is 11.4. The van der Waals surface area contributed by atoms with Crippen LogP contribution < -0.4 is 26.2 Å². The van der Waals surface area contributed by atoms with E-state index in [4.69, 9.17) is 2.74 Å². The van der Waals surface area contributed by atoms with Crippen molar-refractivity contribution in [3.8, 4) is 62.0 Å². The molecule has 0 saturated carbocycles. The van der Waals surface area contributed by atoms with Crippen LogP contribution in [0.4, 0.5) is 34.1 Å². The van der Waals surface area contributed by atoms with Crippen molar-refractivity contribution in [3.05, 3.63) is 307 Å². The lowest BCUT2D eigenvalue weighted by Gasteiger charge is -2.45. The van der Waals surface area contributed by atoms with Crippen LogP contribution in [0.2, 0.25) is 0 Å². The van der Waals surface area contributed by atoms with E-state index >= 15 is 0 Å². The van der Waals surface area contributed by atoms with Crippen molar-refractivity contribution in [2.45, 2.75) is 78.6 Å². The summed E-state index contributed by atoms with van der Waals surface area (Å²) in [5.41, 5.74) is 22.6. The minimum absolute atomic E-state index is 0.00151. The summed E-state index contributed by atoms with van der Waals surface area (Å²) in [6.07, 6.45) is 0. The molecule has 4 heterocycles. The first-order chi connectivity index (χ1) is 50.3. The number of aromatic nitrogens is 2. The second-order valence-electron chi connectivity index (χ2n) is 29.1. The molecule has 2 aliphatic rings. The summed E-state index contributed by atoms with van der Waals surface area (Å²) >= 11 is 0. The van der Waals surface area contributed by atoms with Crippen molar-refractivity contribution < 1.29 is 11.0 Å². The molecule has 466 valence electrons. The van der Waals surface area contributed by atoms with Gasteiger partial charge in [-0.2, -0.15) is 5.26 Å². The quantitative estimate of drug-likeness (QED) is 0.142. The molecular formula is C91H74BN5. The van der Waals surface area contributed by atoms with E-state index in [1.807, 2.05) is 24.3 Å². The van der Waals surface area contributed by atoms with Gasteiger partial charge in [-0.1, -0.05) is 256 Å². The molecule has 0 bridgehead atoms. The summed E-state index contributed by atoms with van der Waals surface area (Å²) in [7, 11) is 0. The normalized spacial score (nSPS) is 14.1. The molecule has 5 nitrogen and oxygen atoms in total. The highest BCUT2D eigenvalue weighted by atomic mass is 15.2. The highest BCUT2D eigenvalue weighted by Gasteiger charge is 2.45. The van der Waals surface area contributed by atoms with Crippen molar-refractivity contribution in [1.29, 1.82) is 5.26 Å². The summed E-state index contributed by atoms with van der Waals surface area (Å²) in [6.45, 7) is 19.8. The van der Waals surface area contributed by atoms with Gasteiger partial charge < -0.3 is 18.9 Å². The molecule has 0 fully saturated rings. The van der Waals surface area contributed by atoms with Crippen LogP contribution in [0.5, 0.6) is 0 Å². The highest BCUT2D eigenvalue weighted by Crippen LogP contribution is 2.50. The molecule has 0 radical (unpaired) electrons. The van der Waals surface area contributed by atoms with E-state index in [2.05, 4.69) is 295 Å². The van der Waals surface area contributed by atoms with Crippen LogP contribution >= 0.6 is 0 Å². The van der Waals surface area contributed by atoms with Gasteiger partial charge in [0.05, 0.1) is 44.3 Å². The summed E-state index contributed by atoms with van der Waals surface area (Å²) in [5.74, 6) is 0. The molecule has 2 aliphatic heterocycles. The molecule has 17 rings (SSSR count). The lowest BCUT2D eigenvalue weighted by atomic mass is 9.33. The second kappa shape index (κ2) is 22.4. The summed E-state index contributed by atoms with van der Waals surface area (Å²) in [6, 6.07) is 83.1. The Labute approximate surface area is 580 Å². The third kappa shape index (κ3) is 9.89. The maximum atomic E-state index is 11.4. The van der Waals surface area contributed by atoms with E-state index < -0.39 is 43.0 Å². The Balaban J connectivity index is 1.04. The number of rotatable bonds is 8. The van der Waals surface area contributed by atoms with E-state index in [9.17, 15) is 13.5 Å². The van der Waals surface area contributed by atoms with Crippen molar-refractivity contribution in [2.75, 3.05) is 9.80 Å². The predicted molar refractivity (Wildman–Crippen MR) is 412 cm³/mol. The monoisotopic (exact) mass is 1260 g/mol. The van der Waals surface area contributed by atoms with Crippen LogP contribution in [-0.4, -0.2) is 15.8 Å². The molecule has 0 saturated heterocycles. The van der Waals surface area contributed by atoms with Crippen LogP contribution in [0, 0.1) is 11.3 Å². The van der Waals surface area contributed by atoms with Crippen molar-refractivity contribution in [1.82, 2.24) is 9.13 Å². The first kappa shape index (κ1) is 51.0. The number of fused-ring (bicyclic) bond motifs is 10. The van der Waals surface area contributed by atoms with Gasteiger partial charge >= 0.3 is 0 Å². The first-order valence-corrected chi connectivity index (χ1v) is 33.4. The largest absolute Gasteiger partial charge is 0.311 e. The van der Waals surface area contributed by atoms with Crippen LogP contribution in [0.3, 0.4) is 0 Å². The summed E-state index contributed by atoms with van der Waals surface area (Å²) in [4.78, 5) is 4.77. The third-order valence-electron chi connectivity index (χ3n) is 20.0. The van der Waals surface area contributed by atoms with Crippen molar-refractivity contribution >= 4 is 101 Å². The summed E-state index contributed by atoms with van der Waals surface area (Å²) < 4.78 is 78.7. The van der Waals surface area contributed by atoms with Gasteiger partial charge in [0.2, 0.25) is 0 Å². The average Bonchev–Trinajstić information content (AvgIpc) is 1.49. The van der Waals surface area contributed by atoms with Crippen LogP contribution in [0.25, 0.3) is 99.5 Å². The Kier molecular flexibility index (Phi) is 11.8. The fourth-order valence-electron chi connectivity index (χ4n) is 15.0. The van der Waals surface area contributed by atoms with Gasteiger partial charge in [-0.25, -0.2) is 0 Å². The molecule has 2 aromatic heterocycles. The highest BCUT2D eigenvalue weighted by molar-refractivity contribution is 7.00. The molecule has 15 aromatic rings. The van der Waals surface area contributed by atoms with Gasteiger partial charge in [0.25, 0.3) is 6.71 Å². The second-order valence-corrected chi connectivity index (χ2v) is 29.1. The number of hydrogen-bond donors (Lipinski definition) is 0. The van der Waals surface area contributed by atoms with Crippen LogP contribution in [0.15, 0.2) is 285 Å². The Morgan fingerprint density at radius 3 is 1.35 bits per heavy atom. The fourth-order valence-corrected chi connectivity index (χ4v) is 15.0. The Bertz CT molecular complexity index is 6030. The van der Waals surface area contributed by atoms with E-state index in [0.29, 0.717) is 11.3 Å². The minimum atomic E-state index is -0.506. The van der Waals surface area contributed by atoms with E-state index in [-0.39, 0.29) is 50.1 Å². The van der Waals surface area contributed by atoms with E-state index in [0.717, 1.165) is 128 Å². The Morgan fingerprint density at radius 1 is 0.320 bits per heavy atom. The number of anilines is 6. The Hall–Kier alpha value is -11.4. The third-order valence-corrected chi connectivity index (χ3v) is 20.0. The molecule has 0 N–H and O–H groups in total. The zero-order valence-electron chi connectivity index (χ0n) is 63.8. The molecule has 6 heteroatoms. The fraction of sp³-hybridized carbons (Fsp3) is 0.132.